The highest BCUT2D eigenvalue weighted by molar-refractivity contribution is 6.24. The first-order chi connectivity index (χ1) is 18.8. The van der Waals surface area contributed by atoms with Crippen molar-refractivity contribution in [1.82, 2.24) is 9.80 Å². The van der Waals surface area contributed by atoms with Crippen LogP contribution in [-0.4, -0.2) is 99.7 Å². The first-order valence-electron chi connectivity index (χ1n) is 13.2. The first kappa shape index (κ1) is 28.2. The van der Waals surface area contributed by atoms with Gasteiger partial charge >= 0.3 is 0 Å². The van der Waals surface area contributed by atoms with Crippen LogP contribution in [0.5, 0.6) is 5.75 Å². The second kappa shape index (κ2) is 9.95. The largest absolute Gasteiger partial charge is 0.508 e. The smallest absolute Gasteiger partial charge is 0.255 e. The number of likely N-dealkylation sites (N-methyl/N-ethyl adjacent to an activating group) is 1. The molecule has 11 nitrogen and oxygen atoms in total. The number of Topliss-reactive ketones (excluding diaryl/α,β-unsaturated/α-hetero) is 2. The summed E-state index contributed by atoms with van der Waals surface area (Å²) < 4.78 is 21.3. The summed E-state index contributed by atoms with van der Waals surface area (Å²) in [4.78, 5) is 42.6. The van der Waals surface area contributed by atoms with Gasteiger partial charge in [0, 0.05) is 42.3 Å². The summed E-state index contributed by atoms with van der Waals surface area (Å²) in [7, 11) is 4.64. The Morgan fingerprint density at radius 2 is 1.98 bits per heavy atom. The Hall–Kier alpha value is -3.32. The number of aliphatic hydroxyl groups is 3. The van der Waals surface area contributed by atoms with E-state index in [1.165, 1.54) is 25.1 Å². The van der Waals surface area contributed by atoms with Gasteiger partial charge in [-0.25, -0.2) is 4.39 Å². The zero-order valence-electron chi connectivity index (χ0n) is 22.6. The number of ketones is 2. The van der Waals surface area contributed by atoms with Crippen LogP contribution >= 0.6 is 0 Å². The SMILES string of the molecule is COC[C@@H]1CCCN1Cc1cc(O)c2c(c1F)C[C@H]1C[C@H]3[C@H](N(C)C)C(=O)C(C(N)=O)=C(O)[C@@]3(O)C(=O)C1=C2O. The van der Waals surface area contributed by atoms with Gasteiger partial charge in [0.25, 0.3) is 5.91 Å². The van der Waals surface area contributed by atoms with Crippen molar-refractivity contribution in [1.29, 1.82) is 0 Å². The number of rotatable bonds is 6. The van der Waals surface area contributed by atoms with Crippen LogP contribution in [0.1, 0.15) is 36.0 Å². The van der Waals surface area contributed by atoms with Gasteiger partial charge in [-0.15, -0.1) is 0 Å². The topological polar surface area (TPSA) is 174 Å². The average Bonchev–Trinajstić information content (AvgIpc) is 3.30. The molecule has 1 aromatic carbocycles. The van der Waals surface area contributed by atoms with Crippen LogP contribution in [0.2, 0.25) is 0 Å². The zero-order valence-corrected chi connectivity index (χ0v) is 22.6. The van der Waals surface area contributed by atoms with Gasteiger partial charge < -0.3 is 30.9 Å². The Kier molecular flexibility index (Phi) is 7.02. The number of carbonyl (C=O) groups is 3. The number of phenolic OH excluding ortho intramolecular Hbond substituents is 1. The van der Waals surface area contributed by atoms with E-state index in [4.69, 9.17) is 10.5 Å². The van der Waals surface area contributed by atoms with Gasteiger partial charge in [0.2, 0.25) is 5.78 Å². The molecule has 1 saturated heterocycles. The number of amides is 1. The Balaban J connectivity index is 1.61. The molecule has 216 valence electrons. The van der Waals surface area contributed by atoms with E-state index in [9.17, 15) is 34.8 Å². The third-order valence-corrected chi connectivity index (χ3v) is 8.96. The van der Waals surface area contributed by atoms with Crippen LogP contribution in [-0.2, 0) is 32.1 Å². The maximum absolute atomic E-state index is 16.0. The number of hydrogen-bond acceptors (Lipinski definition) is 10. The monoisotopic (exact) mass is 559 g/mol. The minimum absolute atomic E-state index is 0.0307. The highest BCUT2D eigenvalue weighted by Crippen LogP contribution is 2.53. The highest BCUT2D eigenvalue weighted by Gasteiger charge is 2.64. The summed E-state index contributed by atoms with van der Waals surface area (Å²) in [6.45, 7) is 1.45. The average molecular weight is 560 g/mol. The molecule has 5 rings (SSSR count). The molecule has 2 fully saturated rings. The van der Waals surface area contributed by atoms with E-state index in [0.717, 1.165) is 19.4 Å². The minimum Gasteiger partial charge on any atom is -0.508 e. The number of primary amides is 1. The Morgan fingerprint density at radius 3 is 2.60 bits per heavy atom. The van der Waals surface area contributed by atoms with Crippen molar-refractivity contribution >= 4 is 23.2 Å². The maximum atomic E-state index is 16.0. The number of aliphatic hydroxyl groups excluding tert-OH is 2. The van der Waals surface area contributed by atoms with Gasteiger partial charge in [-0.3, -0.25) is 24.2 Å². The standard InChI is InChI=1S/C28H34FN3O8/c1-31(2)22-16-8-12-7-15-19(17(33)9-13(21(15)29)10-32-6-4-5-14(32)11-40-3)23(34)18(12)25(36)28(16,39)26(37)20(24(22)35)27(30)38/h9,12,14,16,22,33-34,37,39H,4-8,10-11H2,1-3H3,(H2,30,38)/t12-,14-,16-,22-,28-/m0/s1. The van der Waals surface area contributed by atoms with Crippen molar-refractivity contribution in [2.75, 3.05) is 34.4 Å². The van der Waals surface area contributed by atoms with Crippen molar-refractivity contribution in [2.24, 2.45) is 17.6 Å². The predicted octanol–water partition coefficient (Wildman–Crippen LogP) is 0.714. The summed E-state index contributed by atoms with van der Waals surface area (Å²) in [5.41, 5.74) is 1.42. The van der Waals surface area contributed by atoms with Gasteiger partial charge in [0.1, 0.15) is 28.7 Å². The lowest BCUT2D eigenvalue weighted by Crippen LogP contribution is -2.65. The second-order valence-corrected chi connectivity index (χ2v) is 11.4. The molecule has 6 N–H and O–H groups in total. The number of nitrogens with two attached hydrogens (primary N) is 1. The van der Waals surface area contributed by atoms with Crippen LogP contribution in [0.4, 0.5) is 4.39 Å². The zero-order chi connectivity index (χ0) is 29.3. The number of methoxy groups -OCH3 is 1. The number of hydrogen-bond donors (Lipinski definition) is 5. The quantitative estimate of drug-likeness (QED) is 0.312. The van der Waals surface area contributed by atoms with Crippen molar-refractivity contribution in [3.63, 3.8) is 0 Å². The van der Waals surface area contributed by atoms with E-state index in [1.807, 2.05) is 0 Å². The molecule has 1 saturated carbocycles. The summed E-state index contributed by atoms with van der Waals surface area (Å²) in [5.74, 6) is -8.24. The van der Waals surface area contributed by atoms with Crippen LogP contribution in [0.15, 0.2) is 23.0 Å². The molecule has 1 aromatic rings. The van der Waals surface area contributed by atoms with Gasteiger partial charge in [-0.2, -0.15) is 0 Å². The number of aromatic hydroxyl groups is 1. The molecule has 0 aromatic heterocycles. The lowest BCUT2D eigenvalue weighted by Gasteiger charge is -2.50. The van der Waals surface area contributed by atoms with Crippen LogP contribution in [0, 0.1) is 17.7 Å². The third kappa shape index (κ3) is 3.96. The van der Waals surface area contributed by atoms with Crippen molar-refractivity contribution in [3.8, 4) is 5.75 Å². The number of nitrogens with zero attached hydrogens (tertiary/aromatic N) is 2. The van der Waals surface area contributed by atoms with Crippen LogP contribution < -0.4 is 5.73 Å². The molecule has 1 heterocycles. The number of halogens is 1. The van der Waals surface area contributed by atoms with Crippen LogP contribution in [0.25, 0.3) is 5.76 Å². The lowest BCUT2D eigenvalue weighted by molar-refractivity contribution is -0.153. The fourth-order valence-electron chi connectivity index (χ4n) is 7.17. The van der Waals surface area contributed by atoms with E-state index in [2.05, 4.69) is 4.90 Å². The van der Waals surface area contributed by atoms with E-state index in [0.29, 0.717) is 6.61 Å². The predicted molar refractivity (Wildman–Crippen MR) is 140 cm³/mol. The molecule has 0 unspecified atom stereocenters. The molecule has 1 amide bonds. The number of ether oxygens (including phenoxy) is 1. The van der Waals surface area contributed by atoms with E-state index in [1.54, 1.807) is 7.11 Å². The number of fused-ring (bicyclic) bond motifs is 3. The summed E-state index contributed by atoms with van der Waals surface area (Å²) in [6, 6.07) is 0.131. The van der Waals surface area contributed by atoms with E-state index >= 15 is 4.39 Å². The van der Waals surface area contributed by atoms with Gasteiger partial charge in [0.15, 0.2) is 11.4 Å². The summed E-state index contributed by atoms with van der Waals surface area (Å²) >= 11 is 0. The molecule has 4 aliphatic rings. The Labute approximate surface area is 230 Å². The summed E-state index contributed by atoms with van der Waals surface area (Å²) in [6.07, 6.45) is 1.64. The second-order valence-electron chi connectivity index (χ2n) is 11.4. The van der Waals surface area contributed by atoms with Crippen LogP contribution in [0.3, 0.4) is 0 Å². The van der Waals surface area contributed by atoms with Gasteiger partial charge in [0.05, 0.1) is 18.2 Å². The maximum Gasteiger partial charge on any atom is 0.255 e. The fourth-order valence-corrected chi connectivity index (χ4v) is 7.17. The normalized spacial score (nSPS) is 30.6. The fraction of sp³-hybridized carbons (Fsp3) is 0.536. The molecule has 3 aliphatic carbocycles. The molecule has 0 spiro atoms. The molecule has 1 aliphatic heterocycles. The third-order valence-electron chi connectivity index (χ3n) is 8.96. The molecular formula is C28H34FN3O8. The lowest BCUT2D eigenvalue weighted by atomic mass is 9.57. The molecule has 12 heteroatoms. The van der Waals surface area contributed by atoms with Gasteiger partial charge in [-0.1, -0.05) is 0 Å². The molecule has 40 heavy (non-hydrogen) atoms. The molecule has 0 bridgehead atoms. The van der Waals surface area contributed by atoms with Crippen molar-refractivity contribution < 1.29 is 43.9 Å². The number of carbonyl (C=O) groups excluding carboxylic acids is 3. The molecular weight excluding hydrogens is 525 g/mol. The van der Waals surface area contributed by atoms with E-state index < -0.39 is 69.6 Å². The molecule has 0 radical (unpaired) electrons. The van der Waals surface area contributed by atoms with Crippen molar-refractivity contribution in [3.05, 3.63) is 45.5 Å². The number of benzene rings is 1. The number of phenols is 1. The van der Waals surface area contributed by atoms with E-state index in [-0.39, 0.29) is 47.7 Å². The minimum atomic E-state index is -2.73. The Morgan fingerprint density at radius 1 is 1.27 bits per heavy atom. The number of likely N-dealkylation sites (tertiary alicyclic amines) is 1. The van der Waals surface area contributed by atoms with Crippen molar-refractivity contribution in [2.45, 2.75) is 49.9 Å². The molecule has 5 atom stereocenters. The first-order valence-corrected chi connectivity index (χ1v) is 13.2. The summed E-state index contributed by atoms with van der Waals surface area (Å²) in [5, 5.41) is 44.7. The highest BCUT2D eigenvalue weighted by atomic mass is 19.1. The van der Waals surface area contributed by atoms with Gasteiger partial charge in [-0.05, 0) is 58.3 Å². The Bertz CT molecular complexity index is 1370.